The lowest BCUT2D eigenvalue weighted by Crippen LogP contribution is -1.87. The van der Waals surface area contributed by atoms with Gasteiger partial charge in [-0.2, -0.15) is 4.98 Å². The van der Waals surface area contributed by atoms with Crippen LogP contribution >= 0.6 is 11.6 Å². The zero-order valence-electron chi connectivity index (χ0n) is 8.20. The first kappa shape index (κ1) is 9.98. The van der Waals surface area contributed by atoms with Crippen LogP contribution in [0.5, 0.6) is 0 Å². The molecule has 0 saturated carbocycles. The Morgan fingerprint density at radius 3 is 2.80 bits per heavy atom. The van der Waals surface area contributed by atoms with Gasteiger partial charge in [0.25, 0.3) is 5.89 Å². The molecule has 2 N–H and O–H groups in total. The van der Waals surface area contributed by atoms with E-state index in [1.54, 1.807) is 18.2 Å². The summed E-state index contributed by atoms with van der Waals surface area (Å²) in [5.41, 5.74) is 6.98. The lowest BCUT2D eigenvalue weighted by Gasteiger charge is -1.98. The second-order valence-corrected chi connectivity index (χ2v) is 3.58. The molecular formula is C10H10ClN3O. The van der Waals surface area contributed by atoms with E-state index in [0.29, 0.717) is 22.4 Å². The zero-order valence-corrected chi connectivity index (χ0v) is 8.95. The molecule has 0 fully saturated rings. The Morgan fingerprint density at radius 2 is 2.20 bits per heavy atom. The van der Waals surface area contributed by atoms with Crippen molar-refractivity contribution in [2.45, 2.75) is 13.3 Å². The fourth-order valence-electron chi connectivity index (χ4n) is 1.25. The molecule has 1 aromatic carbocycles. The highest BCUT2D eigenvalue weighted by Crippen LogP contribution is 2.24. The van der Waals surface area contributed by atoms with Gasteiger partial charge in [0.2, 0.25) is 0 Å². The number of nitrogen functional groups attached to an aromatic ring is 1. The van der Waals surface area contributed by atoms with Crippen molar-refractivity contribution in [3.8, 4) is 11.5 Å². The number of benzene rings is 1. The molecule has 0 unspecified atom stereocenters. The second kappa shape index (κ2) is 3.90. The van der Waals surface area contributed by atoms with Crippen LogP contribution in [0.25, 0.3) is 11.5 Å². The van der Waals surface area contributed by atoms with Gasteiger partial charge in [-0.3, -0.25) is 0 Å². The molecule has 15 heavy (non-hydrogen) atoms. The van der Waals surface area contributed by atoms with Crippen LogP contribution in [-0.4, -0.2) is 10.1 Å². The molecule has 0 bridgehead atoms. The molecule has 2 rings (SSSR count). The summed E-state index contributed by atoms with van der Waals surface area (Å²) < 4.78 is 5.08. The largest absolute Gasteiger partial charge is 0.399 e. The monoisotopic (exact) mass is 223 g/mol. The van der Waals surface area contributed by atoms with Gasteiger partial charge in [0.15, 0.2) is 5.82 Å². The van der Waals surface area contributed by atoms with Crippen LogP contribution < -0.4 is 5.73 Å². The van der Waals surface area contributed by atoms with E-state index in [0.717, 1.165) is 12.0 Å². The van der Waals surface area contributed by atoms with Gasteiger partial charge in [0.05, 0.1) is 0 Å². The Bertz CT molecular complexity index is 461. The van der Waals surface area contributed by atoms with E-state index in [4.69, 9.17) is 21.9 Å². The SMILES string of the molecule is CCc1noc(-c2cc(N)cc(Cl)c2)n1. The van der Waals surface area contributed by atoms with Crippen molar-refractivity contribution in [2.75, 3.05) is 5.73 Å². The molecule has 1 aromatic heterocycles. The van der Waals surface area contributed by atoms with Crippen molar-refractivity contribution < 1.29 is 4.52 Å². The Hall–Kier alpha value is -1.55. The Morgan fingerprint density at radius 1 is 1.40 bits per heavy atom. The van der Waals surface area contributed by atoms with Crippen LogP contribution in [0.2, 0.25) is 5.02 Å². The summed E-state index contributed by atoms with van der Waals surface area (Å²) in [5, 5.41) is 4.36. The maximum atomic E-state index is 5.87. The average molecular weight is 224 g/mol. The van der Waals surface area contributed by atoms with Gasteiger partial charge in [-0.15, -0.1) is 0 Å². The normalized spacial score (nSPS) is 10.5. The summed E-state index contributed by atoms with van der Waals surface area (Å²) in [4.78, 5) is 4.19. The van der Waals surface area contributed by atoms with E-state index in [2.05, 4.69) is 10.1 Å². The van der Waals surface area contributed by atoms with Gasteiger partial charge in [-0.1, -0.05) is 23.7 Å². The molecule has 0 aliphatic carbocycles. The van der Waals surface area contributed by atoms with Gasteiger partial charge in [-0.05, 0) is 18.2 Å². The molecule has 0 aliphatic heterocycles. The molecule has 5 heteroatoms. The van der Waals surface area contributed by atoms with E-state index >= 15 is 0 Å². The Balaban J connectivity index is 2.44. The number of rotatable bonds is 2. The topological polar surface area (TPSA) is 64.9 Å². The molecule has 0 amide bonds. The number of aromatic nitrogens is 2. The molecule has 78 valence electrons. The summed E-state index contributed by atoms with van der Waals surface area (Å²) in [6.45, 7) is 1.96. The zero-order chi connectivity index (χ0) is 10.8. The van der Waals surface area contributed by atoms with Gasteiger partial charge in [0, 0.05) is 22.7 Å². The van der Waals surface area contributed by atoms with Gasteiger partial charge in [0.1, 0.15) is 0 Å². The third-order valence-electron chi connectivity index (χ3n) is 1.95. The number of hydrogen-bond acceptors (Lipinski definition) is 4. The fraction of sp³-hybridized carbons (Fsp3) is 0.200. The summed E-state index contributed by atoms with van der Waals surface area (Å²) >= 11 is 5.87. The van der Waals surface area contributed by atoms with E-state index in [1.165, 1.54) is 0 Å². The van der Waals surface area contributed by atoms with Gasteiger partial charge < -0.3 is 10.3 Å². The number of halogens is 1. The highest BCUT2D eigenvalue weighted by molar-refractivity contribution is 6.31. The number of nitrogens with zero attached hydrogens (tertiary/aromatic N) is 2. The van der Waals surface area contributed by atoms with Crippen LogP contribution in [0.15, 0.2) is 22.7 Å². The third-order valence-corrected chi connectivity index (χ3v) is 2.17. The molecule has 0 atom stereocenters. The maximum absolute atomic E-state index is 5.87. The molecule has 4 nitrogen and oxygen atoms in total. The summed E-state index contributed by atoms with van der Waals surface area (Å²) in [6.07, 6.45) is 0.736. The lowest BCUT2D eigenvalue weighted by atomic mass is 10.2. The first-order valence-electron chi connectivity index (χ1n) is 4.58. The molecule has 0 radical (unpaired) electrons. The third kappa shape index (κ3) is 2.10. The van der Waals surface area contributed by atoms with Crippen molar-refractivity contribution in [3.05, 3.63) is 29.0 Å². The fourth-order valence-corrected chi connectivity index (χ4v) is 1.49. The van der Waals surface area contributed by atoms with E-state index in [-0.39, 0.29) is 0 Å². The highest BCUT2D eigenvalue weighted by atomic mass is 35.5. The Kier molecular flexibility index (Phi) is 2.60. The molecule has 0 aliphatic rings. The van der Waals surface area contributed by atoms with Crippen molar-refractivity contribution in [1.82, 2.24) is 10.1 Å². The first-order chi connectivity index (χ1) is 7.19. The lowest BCUT2D eigenvalue weighted by molar-refractivity contribution is 0.423. The van der Waals surface area contributed by atoms with Crippen LogP contribution in [0.1, 0.15) is 12.7 Å². The van der Waals surface area contributed by atoms with Crippen molar-refractivity contribution in [3.63, 3.8) is 0 Å². The van der Waals surface area contributed by atoms with E-state index in [9.17, 15) is 0 Å². The number of anilines is 1. The number of aryl methyl sites for hydroxylation is 1. The predicted molar refractivity (Wildman–Crippen MR) is 58.5 cm³/mol. The van der Waals surface area contributed by atoms with Crippen LogP contribution in [0.4, 0.5) is 5.69 Å². The van der Waals surface area contributed by atoms with E-state index < -0.39 is 0 Å². The molecule has 0 spiro atoms. The summed E-state index contributed by atoms with van der Waals surface area (Å²) in [7, 11) is 0. The van der Waals surface area contributed by atoms with Crippen molar-refractivity contribution in [1.29, 1.82) is 0 Å². The summed E-state index contributed by atoms with van der Waals surface area (Å²) in [5.74, 6) is 1.12. The second-order valence-electron chi connectivity index (χ2n) is 3.14. The van der Waals surface area contributed by atoms with Crippen LogP contribution in [-0.2, 0) is 6.42 Å². The van der Waals surface area contributed by atoms with Crippen LogP contribution in [0, 0.1) is 0 Å². The maximum Gasteiger partial charge on any atom is 0.258 e. The highest BCUT2D eigenvalue weighted by Gasteiger charge is 2.08. The quantitative estimate of drug-likeness (QED) is 0.795. The Labute approximate surface area is 92.0 Å². The van der Waals surface area contributed by atoms with Crippen LogP contribution in [0.3, 0.4) is 0 Å². The first-order valence-corrected chi connectivity index (χ1v) is 4.96. The van der Waals surface area contributed by atoms with Gasteiger partial charge >= 0.3 is 0 Å². The molecule has 2 aromatic rings. The average Bonchev–Trinajstić information content (AvgIpc) is 2.64. The predicted octanol–water partition coefficient (Wildman–Crippen LogP) is 2.53. The molecular weight excluding hydrogens is 214 g/mol. The number of nitrogens with two attached hydrogens (primary N) is 1. The molecule has 0 saturated heterocycles. The van der Waals surface area contributed by atoms with Crippen molar-refractivity contribution >= 4 is 17.3 Å². The minimum Gasteiger partial charge on any atom is -0.399 e. The molecule has 1 heterocycles. The smallest absolute Gasteiger partial charge is 0.258 e. The summed E-state index contributed by atoms with van der Waals surface area (Å²) in [6, 6.07) is 5.16. The number of hydrogen-bond donors (Lipinski definition) is 1. The van der Waals surface area contributed by atoms with E-state index in [1.807, 2.05) is 6.92 Å². The minimum absolute atomic E-state index is 0.445. The van der Waals surface area contributed by atoms with Crippen molar-refractivity contribution in [2.24, 2.45) is 0 Å². The standard InChI is InChI=1S/C10H10ClN3O/c1-2-9-13-10(15-14-9)6-3-7(11)5-8(12)4-6/h3-5H,2,12H2,1H3. The van der Waals surface area contributed by atoms with Gasteiger partial charge in [-0.25, -0.2) is 0 Å². The minimum atomic E-state index is 0.445.